The van der Waals surface area contributed by atoms with Crippen LogP contribution in [0.2, 0.25) is 0 Å². The van der Waals surface area contributed by atoms with Gasteiger partial charge in [-0.2, -0.15) is 5.10 Å². The second kappa shape index (κ2) is 7.20. The summed E-state index contributed by atoms with van der Waals surface area (Å²) in [7, 11) is -0.0166. The first-order valence-electron chi connectivity index (χ1n) is 8.50. The van der Waals surface area contributed by atoms with Crippen molar-refractivity contribution in [3.05, 3.63) is 18.0 Å². The molecule has 1 aliphatic rings. The van der Waals surface area contributed by atoms with E-state index >= 15 is 0 Å². The van der Waals surface area contributed by atoms with Gasteiger partial charge < -0.3 is 5.32 Å². The maximum absolute atomic E-state index is 12.7. The Kier molecular flexibility index (Phi) is 5.15. The molecule has 1 N–H and O–H groups in total. The summed E-state index contributed by atoms with van der Waals surface area (Å²) in [6, 6.07) is -0.0338. The summed E-state index contributed by atoms with van der Waals surface area (Å²) in [6.07, 6.45) is 4.19. The standard InChI is InChI=1S/C16H23N5O4S/c1-4-21-15-12(10-18-21)14(13(9-17-15)16(22)20(2)25-3)19-11-5-7-26(23,24)8-6-11/h9-11H,4-8H2,1-3H3,(H,17,19). The highest BCUT2D eigenvalue weighted by molar-refractivity contribution is 7.91. The lowest BCUT2D eigenvalue weighted by molar-refractivity contribution is -0.0756. The second-order valence-corrected chi connectivity index (χ2v) is 8.60. The molecule has 1 aliphatic heterocycles. The van der Waals surface area contributed by atoms with Crippen LogP contribution in [0.4, 0.5) is 5.69 Å². The summed E-state index contributed by atoms with van der Waals surface area (Å²) in [5.74, 6) is -0.0417. The summed E-state index contributed by atoms with van der Waals surface area (Å²) in [5.41, 5.74) is 1.66. The number of carbonyl (C=O) groups is 1. The van der Waals surface area contributed by atoms with Gasteiger partial charge in [-0.05, 0) is 19.8 Å². The van der Waals surface area contributed by atoms with Crippen LogP contribution in [0.15, 0.2) is 12.4 Å². The van der Waals surface area contributed by atoms with Gasteiger partial charge in [0.1, 0.15) is 9.84 Å². The molecule has 10 heteroatoms. The molecule has 9 nitrogen and oxygen atoms in total. The molecule has 0 bridgehead atoms. The zero-order valence-corrected chi connectivity index (χ0v) is 15.9. The fourth-order valence-corrected chi connectivity index (χ4v) is 4.56. The normalized spacial score (nSPS) is 17.3. The summed E-state index contributed by atoms with van der Waals surface area (Å²) in [5, 5.41) is 9.55. The molecule has 3 rings (SSSR count). The van der Waals surface area contributed by atoms with E-state index in [1.54, 1.807) is 10.9 Å². The van der Waals surface area contributed by atoms with E-state index in [0.717, 1.165) is 10.4 Å². The maximum Gasteiger partial charge on any atom is 0.280 e. The lowest BCUT2D eigenvalue weighted by atomic mass is 10.1. The van der Waals surface area contributed by atoms with Crippen LogP contribution >= 0.6 is 0 Å². The van der Waals surface area contributed by atoms with Gasteiger partial charge in [0.05, 0.1) is 41.4 Å². The minimum absolute atomic E-state index is 0.0338. The number of carbonyl (C=O) groups excluding carboxylic acids is 1. The Labute approximate surface area is 152 Å². The third kappa shape index (κ3) is 3.51. The molecule has 1 fully saturated rings. The molecule has 3 heterocycles. The van der Waals surface area contributed by atoms with Crippen molar-refractivity contribution in [3.8, 4) is 0 Å². The minimum Gasteiger partial charge on any atom is -0.381 e. The number of amides is 1. The quantitative estimate of drug-likeness (QED) is 0.772. The number of fused-ring (bicyclic) bond motifs is 1. The lowest BCUT2D eigenvalue weighted by Crippen LogP contribution is -2.33. The molecule has 0 aliphatic carbocycles. The van der Waals surface area contributed by atoms with Crippen LogP contribution in [-0.4, -0.2) is 65.9 Å². The van der Waals surface area contributed by atoms with Crippen LogP contribution in [0.1, 0.15) is 30.1 Å². The molecule has 1 amide bonds. The minimum atomic E-state index is -2.96. The number of hydroxylamine groups is 2. The second-order valence-electron chi connectivity index (χ2n) is 6.30. The number of aryl methyl sites for hydroxylation is 1. The van der Waals surface area contributed by atoms with Crippen molar-refractivity contribution in [1.29, 1.82) is 0 Å². The lowest BCUT2D eigenvalue weighted by Gasteiger charge is -2.26. The van der Waals surface area contributed by atoms with Crippen molar-refractivity contribution >= 4 is 32.5 Å². The zero-order valence-electron chi connectivity index (χ0n) is 15.1. The fourth-order valence-electron chi connectivity index (χ4n) is 3.07. The van der Waals surface area contributed by atoms with Crippen molar-refractivity contribution in [3.63, 3.8) is 0 Å². The number of sulfone groups is 1. The first-order chi connectivity index (χ1) is 12.4. The van der Waals surface area contributed by atoms with Crippen molar-refractivity contribution in [2.75, 3.05) is 31.0 Å². The summed E-state index contributed by atoms with van der Waals surface area (Å²) in [4.78, 5) is 22.1. The Morgan fingerprint density at radius 2 is 2.08 bits per heavy atom. The predicted octanol–water partition coefficient (Wildman–Crippen LogP) is 1.07. The average Bonchev–Trinajstić information content (AvgIpc) is 3.06. The van der Waals surface area contributed by atoms with E-state index in [2.05, 4.69) is 15.4 Å². The third-order valence-electron chi connectivity index (χ3n) is 4.66. The Morgan fingerprint density at radius 1 is 1.38 bits per heavy atom. The number of hydrogen-bond donors (Lipinski definition) is 1. The van der Waals surface area contributed by atoms with E-state index in [9.17, 15) is 13.2 Å². The van der Waals surface area contributed by atoms with E-state index in [1.165, 1.54) is 20.4 Å². The average molecular weight is 381 g/mol. The smallest absolute Gasteiger partial charge is 0.280 e. The molecular weight excluding hydrogens is 358 g/mol. The highest BCUT2D eigenvalue weighted by Gasteiger charge is 2.27. The number of nitrogens with one attached hydrogen (secondary N) is 1. The van der Waals surface area contributed by atoms with E-state index in [-0.39, 0.29) is 23.5 Å². The third-order valence-corrected chi connectivity index (χ3v) is 6.37. The number of rotatable bonds is 5. The number of anilines is 1. The first kappa shape index (κ1) is 18.6. The van der Waals surface area contributed by atoms with Gasteiger partial charge >= 0.3 is 0 Å². The predicted molar refractivity (Wildman–Crippen MR) is 97.6 cm³/mol. The van der Waals surface area contributed by atoms with Gasteiger partial charge in [-0.15, -0.1) is 0 Å². The van der Waals surface area contributed by atoms with Gasteiger partial charge in [-0.3, -0.25) is 9.63 Å². The van der Waals surface area contributed by atoms with Crippen molar-refractivity contribution in [2.45, 2.75) is 32.4 Å². The first-order valence-corrected chi connectivity index (χ1v) is 10.3. The Hall–Kier alpha value is -2.20. The van der Waals surface area contributed by atoms with Crippen LogP contribution in [0.25, 0.3) is 11.0 Å². The number of pyridine rings is 1. The Bertz CT molecular complexity index is 910. The van der Waals surface area contributed by atoms with Crippen LogP contribution < -0.4 is 5.32 Å². The van der Waals surface area contributed by atoms with E-state index in [0.29, 0.717) is 36.3 Å². The molecule has 0 unspecified atom stereocenters. The van der Waals surface area contributed by atoms with Gasteiger partial charge in [0, 0.05) is 25.8 Å². The van der Waals surface area contributed by atoms with Crippen LogP contribution in [0, 0.1) is 0 Å². The largest absolute Gasteiger partial charge is 0.381 e. The van der Waals surface area contributed by atoms with E-state index in [1.807, 2.05) is 6.92 Å². The van der Waals surface area contributed by atoms with Crippen molar-refractivity contribution < 1.29 is 18.0 Å². The van der Waals surface area contributed by atoms with Gasteiger partial charge in [-0.1, -0.05) is 0 Å². The SMILES string of the molecule is CCn1ncc2c(NC3CCS(=O)(=O)CC3)c(C(=O)N(C)OC)cnc21. The van der Waals surface area contributed by atoms with Gasteiger partial charge in [0.15, 0.2) is 5.65 Å². The van der Waals surface area contributed by atoms with Gasteiger partial charge in [-0.25, -0.2) is 23.1 Å². The van der Waals surface area contributed by atoms with E-state index in [4.69, 9.17) is 4.84 Å². The Balaban J connectivity index is 2.01. The van der Waals surface area contributed by atoms with Crippen LogP contribution in [0.5, 0.6) is 0 Å². The molecule has 142 valence electrons. The number of nitrogens with zero attached hydrogens (tertiary/aromatic N) is 4. The van der Waals surface area contributed by atoms with Gasteiger partial charge in [0.2, 0.25) is 0 Å². The van der Waals surface area contributed by atoms with Crippen LogP contribution in [0.3, 0.4) is 0 Å². The monoisotopic (exact) mass is 381 g/mol. The number of hydrogen-bond acceptors (Lipinski definition) is 7. The molecule has 26 heavy (non-hydrogen) atoms. The van der Waals surface area contributed by atoms with E-state index < -0.39 is 9.84 Å². The molecule has 0 saturated carbocycles. The molecule has 0 spiro atoms. The highest BCUT2D eigenvalue weighted by atomic mass is 32.2. The highest BCUT2D eigenvalue weighted by Crippen LogP contribution is 2.29. The molecule has 0 aromatic carbocycles. The molecule has 2 aromatic rings. The summed E-state index contributed by atoms with van der Waals surface area (Å²) in [6.45, 7) is 2.62. The summed E-state index contributed by atoms with van der Waals surface area (Å²) < 4.78 is 25.1. The van der Waals surface area contributed by atoms with Crippen molar-refractivity contribution in [1.82, 2.24) is 19.8 Å². The Morgan fingerprint density at radius 3 is 2.69 bits per heavy atom. The molecule has 2 aromatic heterocycles. The molecule has 0 radical (unpaired) electrons. The zero-order chi connectivity index (χ0) is 18.9. The molecule has 1 saturated heterocycles. The van der Waals surface area contributed by atoms with Gasteiger partial charge in [0.25, 0.3) is 5.91 Å². The van der Waals surface area contributed by atoms with Crippen LogP contribution in [-0.2, 0) is 21.2 Å². The molecular formula is C16H23N5O4S. The number of aromatic nitrogens is 3. The van der Waals surface area contributed by atoms with Crippen molar-refractivity contribution in [2.24, 2.45) is 0 Å². The fraction of sp³-hybridized carbons (Fsp3) is 0.562. The topological polar surface area (TPSA) is 106 Å². The maximum atomic E-state index is 12.7. The summed E-state index contributed by atoms with van der Waals surface area (Å²) >= 11 is 0. The molecule has 0 atom stereocenters.